The van der Waals surface area contributed by atoms with Gasteiger partial charge in [-0.1, -0.05) is 6.07 Å². The Morgan fingerprint density at radius 2 is 1.53 bits per heavy atom. The van der Waals surface area contributed by atoms with Crippen LogP contribution in [0.1, 0.15) is 31.2 Å². The Balaban J connectivity index is 0.000000698. The molecule has 0 bridgehead atoms. The van der Waals surface area contributed by atoms with Crippen molar-refractivity contribution in [3.8, 4) is 0 Å². The van der Waals surface area contributed by atoms with Crippen LogP contribution >= 0.6 is 0 Å². The zero-order valence-electron chi connectivity index (χ0n) is 26.6. The number of benzene rings is 2. The lowest BCUT2D eigenvalue weighted by molar-refractivity contribution is -0.192. The summed E-state index contributed by atoms with van der Waals surface area (Å²) < 4.78 is 73.3. The number of hydrogen-bond acceptors (Lipinski definition) is 10. The molecule has 2 heterocycles. The van der Waals surface area contributed by atoms with E-state index in [1.807, 2.05) is 13.1 Å². The first-order valence-electron chi connectivity index (χ1n) is 15.1. The van der Waals surface area contributed by atoms with Crippen LogP contribution in [0.5, 0.6) is 0 Å². The Kier molecular flexibility index (Phi) is 12.4. The third kappa shape index (κ3) is 10.6. The van der Waals surface area contributed by atoms with Gasteiger partial charge < -0.3 is 26.4 Å². The number of pyridine rings is 1. The van der Waals surface area contributed by atoms with Crippen LogP contribution in [0.15, 0.2) is 84.0 Å². The van der Waals surface area contributed by atoms with E-state index in [0.717, 1.165) is 37.1 Å². The molecule has 1 aliphatic carbocycles. The van der Waals surface area contributed by atoms with Crippen LogP contribution in [0.25, 0.3) is 0 Å². The van der Waals surface area contributed by atoms with E-state index in [-0.39, 0.29) is 16.8 Å². The van der Waals surface area contributed by atoms with Gasteiger partial charge in [-0.2, -0.15) is 22.5 Å². The van der Waals surface area contributed by atoms with Gasteiger partial charge in [0.1, 0.15) is 17.5 Å². The minimum absolute atomic E-state index is 0.0538. The number of alkyl halides is 3. The summed E-state index contributed by atoms with van der Waals surface area (Å²) in [5.74, 6) is -1.34. The second-order valence-electron chi connectivity index (χ2n) is 11.0. The number of nitrogens with zero attached hydrogens (tertiary/aromatic N) is 4. The molecule has 2 aromatic carbocycles. The highest BCUT2D eigenvalue weighted by Gasteiger charge is 2.38. The molecule has 12 nitrogen and oxygen atoms in total. The van der Waals surface area contributed by atoms with E-state index in [2.05, 4.69) is 42.3 Å². The van der Waals surface area contributed by atoms with E-state index in [0.29, 0.717) is 35.7 Å². The molecular weight excluding hydrogens is 668 g/mol. The fraction of sp³-hybridized carbons (Fsp3) is 0.312. The normalized spacial score (nSPS) is 16.3. The van der Waals surface area contributed by atoms with E-state index >= 15 is 0 Å². The predicted octanol–water partition coefficient (Wildman–Crippen LogP) is 5.89. The number of anilines is 5. The predicted molar refractivity (Wildman–Crippen MR) is 177 cm³/mol. The van der Waals surface area contributed by atoms with Crippen LogP contribution in [-0.2, 0) is 21.4 Å². The minimum Gasteiger partial charge on any atom is -0.475 e. The SMILES string of the molecule is CNc1ncccc1CNC1CCC(N(C)S(=O)(=O)c2ccc(Nc3nccc(Nc4ccc(F)cc4)n3)cc2)CC1.O=C(O)C(F)(F)F. The summed E-state index contributed by atoms with van der Waals surface area (Å²) in [5.41, 5.74) is 2.45. The van der Waals surface area contributed by atoms with Crippen molar-refractivity contribution in [1.29, 1.82) is 0 Å². The second-order valence-corrected chi connectivity index (χ2v) is 13.0. The average molecular weight is 705 g/mol. The molecule has 1 aliphatic rings. The van der Waals surface area contributed by atoms with Crippen molar-refractivity contribution in [2.75, 3.05) is 30.0 Å². The van der Waals surface area contributed by atoms with Crippen molar-refractivity contribution in [3.63, 3.8) is 0 Å². The topological polar surface area (TPSA) is 161 Å². The number of sulfonamides is 1. The maximum absolute atomic E-state index is 13.4. The molecular formula is C32H36F4N8O4S. The number of carboxylic acid groups (broad SMARTS) is 1. The molecule has 2 aromatic heterocycles. The van der Waals surface area contributed by atoms with E-state index in [1.54, 1.807) is 61.9 Å². The Labute approximate surface area is 281 Å². The van der Waals surface area contributed by atoms with Gasteiger partial charge in [0.2, 0.25) is 16.0 Å². The van der Waals surface area contributed by atoms with Crippen LogP contribution in [0.2, 0.25) is 0 Å². The molecule has 0 aliphatic heterocycles. The molecule has 1 saturated carbocycles. The maximum Gasteiger partial charge on any atom is 0.490 e. The number of carboxylic acids is 1. The smallest absolute Gasteiger partial charge is 0.475 e. The molecule has 0 spiro atoms. The molecule has 1 fully saturated rings. The molecule has 262 valence electrons. The lowest BCUT2D eigenvalue weighted by Gasteiger charge is -2.34. The van der Waals surface area contributed by atoms with Crippen molar-refractivity contribution >= 4 is 45.0 Å². The summed E-state index contributed by atoms with van der Waals surface area (Å²) in [6.45, 7) is 0.716. The van der Waals surface area contributed by atoms with Gasteiger partial charge in [0.15, 0.2) is 0 Å². The fourth-order valence-corrected chi connectivity index (χ4v) is 6.49. The molecule has 0 atom stereocenters. The quantitative estimate of drug-likeness (QED) is 0.118. The molecule has 49 heavy (non-hydrogen) atoms. The van der Waals surface area contributed by atoms with Gasteiger partial charge in [-0.05, 0) is 86.3 Å². The standard InChI is InChI=1S/C30H35FN8O2S.C2HF3O2/c1-32-29-21(4-3-18-33-29)20-35-23-9-13-26(14-10-23)39(2)42(40,41)27-15-11-25(12-16-27)37-30-34-19-17-28(38-30)36-24-7-5-22(31)6-8-24;3-2(4,5)1(6)7/h3-8,11-12,15-19,23,26,35H,9-10,13-14,20H2,1-2H3,(H,32,33)(H2,34,36,37,38);(H,6,7). The minimum atomic E-state index is -5.08. The van der Waals surface area contributed by atoms with E-state index in [9.17, 15) is 26.0 Å². The van der Waals surface area contributed by atoms with E-state index < -0.39 is 22.2 Å². The zero-order chi connectivity index (χ0) is 35.6. The number of aliphatic carboxylic acids is 1. The van der Waals surface area contributed by atoms with Crippen molar-refractivity contribution in [1.82, 2.24) is 24.6 Å². The number of halogens is 4. The molecule has 0 saturated heterocycles. The van der Waals surface area contributed by atoms with E-state index in [4.69, 9.17) is 9.90 Å². The Morgan fingerprint density at radius 3 is 2.14 bits per heavy atom. The highest BCUT2D eigenvalue weighted by molar-refractivity contribution is 7.89. The van der Waals surface area contributed by atoms with Gasteiger partial charge >= 0.3 is 12.1 Å². The summed E-state index contributed by atoms with van der Waals surface area (Å²) in [6.07, 6.45) is 1.66. The highest BCUT2D eigenvalue weighted by Crippen LogP contribution is 2.28. The molecule has 17 heteroatoms. The van der Waals surface area contributed by atoms with Gasteiger partial charge in [0, 0.05) is 62.1 Å². The van der Waals surface area contributed by atoms with Crippen molar-refractivity contribution in [3.05, 3.63) is 90.5 Å². The summed E-state index contributed by atoms with van der Waals surface area (Å²) in [6, 6.07) is 18.5. The Morgan fingerprint density at radius 1 is 0.918 bits per heavy atom. The van der Waals surface area contributed by atoms with Crippen LogP contribution in [-0.4, -0.2) is 71.1 Å². The molecule has 0 amide bonds. The van der Waals surface area contributed by atoms with Crippen molar-refractivity contribution in [2.24, 2.45) is 0 Å². The first kappa shape index (κ1) is 37.0. The molecule has 4 aromatic rings. The summed E-state index contributed by atoms with van der Waals surface area (Å²) in [4.78, 5) is 22.1. The molecule has 0 unspecified atom stereocenters. The highest BCUT2D eigenvalue weighted by atomic mass is 32.2. The Bertz CT molecular complexity index is 1790. The Hall–Kier alpha value is -4.87. The fourth-order valence-electron chi connectivity index (χ4n) is 5.08. The summed E-state index contributed by atoms with van der Waals surface area (Å²) in [5, 5.41) is 20.0. The largest absolute Gasteiger partial charge is 0.490 e. The third-order valence-corrected chi connectivity index (χ3v) is 9.65. The number of hydrogen-bond donors (Lipinski definition) is 5. The number of rotatable bonds is 11. The first-order valence-corrected chi connectivity index (χ1v) is 16.6. The van der Waals surface area contributed by atoms with Gasteiger partial charge in [-0.25, -0.2) is 27.6 Å². The summed E-state index contributed by atoms with van der Waals surface area (Å²) >= 11 is 0. The molecule has 0 radical (unpaired) electrons. The molecule has 5 rings (SSSR count). The first-order chi connectivity index (χ1) is 23.3. The number of nitrogens with one attached hydrogen (secondary N) is 4. The van der Waals surface area contributed by atoms with Crippen LogP contribution in [0, 0.1) is 5.82 Å². The van der Waals surface area contributed by atoms with E-state index in [1.165, 1.54) is 16.4 Å². The van der Waals surface area contributed by atoms with Crippen LogP contribution in [0.4, 0.5) is 46.5 Å². The maximum atomic E-state index is 13.4. The van der Waals surface area contributed by atoms with Gasteiger partial charge in [0.25, 0.3) is 0 Å². The molecule has 5 N–H and O–H groups in total. The third-order valence-electron chi connectivity index (χ3n) is 7.72. The van der Waals surface area contributed by atoms with Gasteiger partial charge in [0.05, 0.1) is 4.90 Å². The van der Waals surface area contributed by atoms with Crippen LogP contribution < -0.4 is 21.3 Å². The van der Waals surface area contributed by atoms with Crippen LogP contribution in [0.3, 0.4) is 0 Å². The van der Waals surface area contributed by atoms with Gasteiger partial charge in [-0.15, -0.1) is 0 Å². The lowest BCUT2D eigenvalue weighted by Crippen LogP contribution is -2.43. The van der Waals surface area contributed by atoms with Crippen molar-refractivity contribution in [2.45, 2.75) is 55.4 Å². The summed E-state index contributed by atoms with van der Waals surface area (Å²) in [7, 11) is -0.123. The van der Waals surface area contributed by atoms with Gasteiger partial charge in [-0.3, -0.25) is 0 Å². The number of carbonyl (C=O) groups is 1. The number of aromatic nitrogens is 3. The average Bonchev–Trinajstić information content (AvgIpc) is 3.08. The zero-order valence-corrected chi connectivity index (χ0v) is 27.4. The second kappa shape index (κ2) is 16.5. The lowest BCUT2D eigenvalue weighted by atomic mass is 9.91. The monoisotopic (exact) mass is 704 g/mol. The van der Waals surface area contributed by atoms with Crippen molar-refractivity contribution < 1.29 is 35.9 Å².